The highest BCUT2D eigenvalue weighted by atomic mass is 16.6. The van der Waals surface area contributed by atoms with Gasteiger partial charge >= 0.3 is 11.9 Å². The molecular formula is C10H16O3. The first-order valence-electron chi connectivity index (χ1n) is 4.49. The zero-order chi connectivity index (χ0) is 10.3. The Bertz CT molecular complexity index is 196. The average molecular weight is 184 g/mol. The number of carbonyl (C=O) groups is 2. The van der Waals surface area contributed by atoms with Crippen LogP contribution in [0.3, 0.4) is 0 Å². The van der Waals surface area contributed by atoms with E-state index in [0.29, 0.717) is 0 Å². The lowest BCUT2D eigenvalue weighted by Gasteiger charge is -2.07. The zero-order valence-corrected chi connectivity index (χ0v) is 8.21. The van der Waals surface area contributed by atoms with E-state index in [1.54, 1.807) is 6.92 Å². The molecule has 0 aromatic heterocycles. The molecular weight excluding hydrogens is 168 g/mol. The van der Waals surface area contributed by atoms with Crippen LogP contribution in [0.5, 0.6) is 0 Å². The van der Waals surface area contributed by atoms with Crippen molar-refractivity contribution in [3.8, 4) is 0 Å². The molecule has 0 aliphatic carbocycles. The quantitative estimate of drug-likeness (QED) is 0.373. The Morgan fingerprint density at radius 1 is 1.54 bits per heavy atom. The molecule has 0 aromatic rings. The predicted molar refractivity (Wildman–Crippen MR) is 50.0 cm³/mol. The second-order valence-corrected chi connectivity index (χ2v) is 2.99. The maximum absolute atomic E-state index is 11.1. The molecule has 0 amide bonds. The normalized spacial score (nSPS) is 11.8. The molecule has 13 heavy (non-hydrogen) atoms. The first kappa shape index (κ1) is 11.9. The number of carbonyl (C=O) groups excluding carboxylic acids is 2. The predicted octanol–water partition coefficient (Wildman–Crippen LogP) is 2.07. The van der Waals surface area contributed by atoms with Gasteiger partial charge in [0.1, 0.15) is 0 Å². The summed E-state index contributed by atoms with van der Waals surface area (Å²) >= 11 is 0. The van der Waals surface area contributed by atoms with Crippen molar-refractivity contribution >= 4 is 11.9 Å². The van der Waals surface area contributed by atoms with Crippen molar-refractivity contribution in [3.63, 3.8) is 0 Å². The monoisotopic (exact) mass is 184 g/mol. The SMILES string of the molecule is C=CC(=O)OC(=O)C(C)CCCC. The van der Waals surface area contributed by atoms with Crippen LogP contribution in [0, 0.1) is 5.92 Å². The largest absolute Gasteiger partial charge is 0.390 e. The molecule has 1 atom stereocenters. The fourth-order valence-electron chi connectivity index (χ4n) is 0.870. The van der Waals surface area contributed by atoms with Gasteiger partial charge < -0.3 is 4.74 Å². The summed E-state index contributed by atoms with van der Waals surface area (Å²) in [5.41, 5.74) is 0. The van der Waals surface area contributed by atoms with Crippen molar-refractivity contribution in [2.75, 3.05) is 0 Å². The summed E-state index contributed by atoms with van der Waals surface area (Å²) in [5, 5.41) is 0. The van der Waals surface area contributed by atoms with Crippen LogP contribution in [-0.4, -0.2) is 11.9 Å². The molecule has 1 unspecified atom stereocenters. The Hall–Kier alpha value is -1.12. The van der Waals surface area contributed by atoms with E-state index in [1.807, 2.05) is 6.92 Å². The fraction of sp³-hybridized carbons (Fsp3) is 0.600. The Morgan fingerprint density at radius 2 is 2.15 bits per heavy atom. The van der Waals surface area contributed by atoms with Gasteiger partial charge in [0.25, 0.3) is 0 Å². The molecule has 3 nitrogen and oxygen atoms in total. The second kappa shape index (κ2) is 6.40. The Balaban J connectivity index is 3.81. The Morgan fingerprint density at radius 3 is 2.62 bits per heavy atom. The van der Waals surface area contributed by atoms with E-state index in [2.05, 4.69) is 11.3 Å². The van der Waals surface area contributed by atoms with Crippen LogP contribution < -0.4 is 0 Å². The Kier molecular flexibility index (Phi) is 5.85. The van der Waals surface area contributed by atoms with Crippen LogP contribution >= 0.6 is 0 Å². The summed E-state index contributed by atoms with van der Waals surface area (Å²) in [5.74, 6) is -1.34. The number of ether oxygens (including phenoxy) is 1. The van der Waals surface area contributed by atoms with Gasteiger partial charge in [-0.3, -0.25) is 4.79 Å². The maximum atomic E-state index is 11.1. The van der Waals surface area contributed by atoms with Crippen LogP contribution in [0.1, 0.15) is 33.1 Å². The molecule has 0 N–H and O–H groups in total. The van der Waals surface area contributed by atoms with Gasteiger partial charge in [0.15, 0.2) is 0 Å². The van der Waals surface area contributed by atoms with Crippen molar-refractivity contribution < 1.29 is 14.3 Å². The van der Waals surface area contributed by atoms with Crippen molar-refractivity contribution in [2.45, 2.75) is 33.1 Å². The van der Waals surface area contributed by atoms with Gasteiger partial charge in [-0.25, -0.2) is 4.79 Å². The van der Waals surface area contributed by atoms with Crippen LogP contribution in [-0.2, 0) is 14.3 Å². The number of hydrogen-bond acceptors (Lipinski definition) is 3. The van der Waals surface area contributed by atoms with Gasteiger partial charge in [-0.15, -0.1) is 0 Å². The number of unbranched alkanes of at least 4 members (excludes halogenated alkanes) is 1. The molecule has 0 aliphatic rings. The van der Waals surface area contributed by atoms with Crippen LogP contribution in [0.2, 0.25) is 0 Å². The molecule has 0 rings (SSSR count). The first-order chi connectivity index (χ1) is 6.11. The van der Waals surface area contributed by atoms with Gasteiger partial charge in [-0.1, -0.05) is 33.3 Å². The lowest BCUT2D eigenvalue weighted by atomic mass is 10.1. The second-order valence-electron chi connectivity index (χ2n) is 2.99. The van der Waals surface area contributed by atoms with E-state index >= 15 is 0 Å². The molecule has 0 spiro atoms. The Labute approximate surface area is 78.8 Å². The summed E-state index contributed by atoms with van der Waals surface area (Å²) in [6.07, 6.45) is 3.76. The van der Waals surface area contributed by atoms with Crippen molar-refractivity contribution in [2.24, 2.45) is 5.92 Å². The van der Waals surface area contributed by atoms with E-state index < -0.39 is 11.9 Å². The molecule has 0 saturated heterocycles. The topological polar surface area (TPSA) is 43.4 Å². The third-order valence-corrected chi connectivity index (χ3v) is 1.76. The first-order valence-corrected chi connectivity index (χ1v) is 4.49. The number of hydrogen-bond donors (Lipinski definition) is 0. The van der Waals surface area contributed by atoms with E-state index in [1.165, 1.54) is 0 Å². The highest BCUT2D eigenvalue weighted by molar-refractivity contribution is 5.92. The lowest BCUT2D eigenvalue weighted by molar-refractivity contribution is -0.159. The number of esters is 2. The standard InChI is InChI=1S/C10H16O3/c1-4-6-7-8(3)10(12)13-9(11)5-2/h5,8H,2,4,6-7H2,1,3H3. The zero-order valence-electron chi connectivity index (χ0n) is 8.21. The molecule has 0 aromatic carbocycles. The summed E-state index contributed by atoms with van der Waals surface area (Å²) in [4.78, 5) is 21.8. The third-order valence-electron chi connectivity index (χ3n) is 1.76. The van der Waals surface area contributed by atoms with Gasteiger partial charge in [0, 0.05) is 6.08 Å². The molecule has 74 valence electrons. The lowest BCUT2D eigenvalue weighted by Crippen LogP contribution is -2.17. The molecule has 0 bridgehead atoms. The minimum absolute atomic E-state index is 0.205. The number of rotatable bonds is 5. The smallest absolute Gasteiger partial charge is 0.337 e. The van der Waals surface area contributed by atoms with Gasteiger partial charge in [-0.05, 0) is 6.42 Å². The molecule has 0 saturated carbocycles. The maximum Gasteiger partial charge on any atom is 0.337 e. The van der Waals surface area contributed by atoms with Crippen LogP contribution in [0.4, 0.5) is 0 Å². The van der Waals surface area contributed by atoms with E-state index in [0.717, 1.165) is 25.3 Å². The molecule has 0 fully saturated rings. The van der Waals surface area contributed by atoms with Crippen molar-refractivity contribution in [1.29, 1.82) is 0 Å². The van der Waals surface area contributed by atoms with E-state index in [9.17, 15) is 9.59 Å². The summed E-state index contributed by atoms with van der Waals surface area (Å²) in [6, 6.07) is 0. The third kappa shape index (κ3) is 5.17. The molecule has 0 radical (unpaired) electrons. The van der Waals surface area contributed by atoms with Crippen molar-refractivity contribution in [1.82, 2.24) is 0 Å². The van der Waals surface area contributed by atoms with Gasteiger partial charge in [-0.2, -0.15) is 0 Å². The highest BCUT2D eigenvalue weighted by Gasteiger charge is 2.15. The molecule has 0 aliphatic heterocycles. The van der Waals surface area contributed by atoms with E-state index in [-0.39, 0.29) is 5.92 Å². The van der Waals surface area contributed by atoms with E-state index in [4.69, 9.17) is 0 Å². The summed E-state index contributed by atoms with van der Waals surface area (Å²) in [6.45, 7) is 7.02. The average Bonchev–Trinajstić information content (AvgIpc) is 2.13. The van der Waals surface area contributed by atoms with Crippen molar-refractivity contribution in [3.05, 3.63) is 12.7 Å². The summed E-state index contributed by atoms with van der Waals surface area (Å²) < 4.78 is 4.46. The minimum Gasteiger partial charge on any atom is -0.390 e. The van der Waals surface area contributed by atoms with Crippen LogP contribution in [0.25, 0.3) is 0 Å². The van der Waals surface area contributed by atoms with Crippen LogP contribution in [0.15, 0.2) is 12.7 Å². The summed E-state index contributed by atoms with van der Waals surface area (Å²) in [7, 11) is 0. The van der Waals surface area contributed by atoms with Gasteiger partial charge in [0.2, 0.25) is 0 Å². The minimum atomic E-state index is -0.673. The molecule has 0 heterocycles. The van der Waals surface area contributed by atoms with Gasteiger partial charge in [0.05, 0.1) is 5.92 Å². The molecule has 3 heteroatoms. The fourth-order valence-corrected chi connectivity index (χ4v) is 0.870. The highest BCUT2D eigenvalue weighted by Crippen LogP contribution is 2.09.